The number of hydrogen-bond donors (Lipinski definition) is 0. The quantitative estimate of drug-likeness (QED) is 0.743. The minimum Gasteiger partial charge on any atom is -0.300 e. The zero-order valence-electron chi connectivity index (χ0n) is 13.7. The van der Waals surface area contributed by atoms with Gasteiger partial charge in [0.25, 0.3) is 0 Å². The summed E-state index contributed by atoms with van der Waals surface area (Å²) in [5, 5.41) is 9.39. The molecule has 0 bridgehead atoms. The van der Waals surface area contributed by atoms with E-state index in [1.807, 2.05) is 0 Å². The SMILES string of the molecule is CC1(C)C(=O)C(C#N)C[C@]2(C)C[C@@H](N3CCCC3)CC[C@@H]12. The first-order valence-electron chi connectivity index (χ1n) is 8.56. The Balaban J connectivity index is 1.84. The highest BCUT2D eigenvalue weighted by Crippen LogP contribution is 2.58. The number of nitriles is 1. The summed E-state index contributed by atoms with van der Waals surface area (Å²) in [7, 11) is 0. The first-order chi connectivity index (χ1) is 9.88. The van der Waals surface area contributed by atoms with Gasteiger partial charge in [-0.2, -0.15) is 5.26 Å². The van der Waals surface area contributed by atoms with Gasteiger partial charge in [0.2, 0.25) is 0 Å². The number of hydrogen-bond acceptors (Lipinski definition) is 3. The lowest BCUT2D eigenvalue weighted by Crippen LogP contribution is -2.56. The van der Waals surface area contributed by atoms with E-state index in [2.05, 4.69) is 31.7 Å². The van der Waals surface area contributed by atoms with Crippen LogP contribution in [0.25, 0.3) is 0 Å². The molecule has 3 aliphatic rings. The van der Waals surface area contributed by atoms with Crippen molar-refractivity contribution in [2.24, 2.45) is 22.7 Å². The molecule has 3 heteroatoms. The van der Waals surface area contributed by atoms with Crippen molar-refractivity contribution in [1.29, 1.82) is 5.26 Å². The molecule has 1 heterocycles. The van der Waals surface area contributed by atoms with Gasteiger partial charge in [-0.25, -0.2) is 0 Å². The summed E-state index contributed by atoms with van der Waals surface area (Å²) >= 11 is 0. The molecule has 0 radical (unpaired) electrons. The molecule has 0 aromatic carbocycles. The molecule has 3 fully saturated rings. The molecular formula is C18H28N2O. The number of likely N-dealkylation sites (tertiary alicyclic amines) is 1. The van der Waals surface area contributed by atoms with Crippen LogP contribution in [-0.2, 0) is 4.79 Å². The van der Waals surface area contributed by atoms with Gasteiger partial charge in [-0.05, 0) is 62.9 Å². The van der Waals surface area contributed by atoms with Crippen molar-refractivity contribution in [3.05, 3.63) is 0 Å². The van der Waals surface area contributed by atoms with Crippen molar-refractivity contribution in [3.8, 4) is 6.07 Å². The van der Waals surface area contributed by atoms with Crippen LogP contribution in [0.3, 0.4) is 0 Å². The third-order valence-electron chi connectivity index (χ3n) is 6.64. The average molecular weight is 288 g/mol. The Morgan fingerprint density at radius 3 is 2.43 bits per heavy atom. The predicted molar refractivity (Wildman–Crippen MR) is 82.6 cm³/mol. The van der Waals surface area contributed by atoms with Gasteiger partial charge in [0.05, 0.1) is 6.07 Å². The molecule has 3 nitrogen and oxygen atoms in total. The van der Waals surface area contributed by atoms with Crippen LogP contribution >= 0.6 is 0 Å². The second-order valence-electron chi connectivity index (χ2n) is 8.36. The van der Waals surface area contributed by atoms with Crippen molar-refractivity contribution in [2.75, 3.05) is 13.1 Å². The standard InChI is InChI=1S/C18H28N2O/c1-17(2)15-7-6-14(20-8-4-5-9-20)11-18(15,3)10-13(12-19)16(17)21/h13-15H,4-11H2,1-3H3/t13?,14-,15-,18+/m0/s1. The van der Waals surface area contributed by atoms with E-state index in [1.165, 1.54) is 38.8 Å². The number of carbonyl (C=O) groups is 1. The number of rotatable bonds is 1. The molecule has 4 atom stereocenters. The minimum absolute atomic E-state index is 0.156. The summed E-state index contributed by atoms with van der Waals surface area (Å²) in [5.74, 6) is 0.242. The van der Waals surface area contributed by atoms with Crippen LogP contribution < -0.4 is 0 Å². The van der Waals surface area contributed by atoms with Crippen LogP contribution in [0.4, 0.5) is 0 Å². The number of Topliss-reactive ketones (excluding diaryl/α,β-unsaturated/α-hetero) is 1. The fraction of sp³-hybridized carbons (Fsp3) is 0.889. The van der Waals surface area contributed by atoms with Crippen LogP contribution in [0, 0.1) is 34.0 Å². The lowest BCUT2D eigenvalue weighted by molar-refractivity contribution is -0.149. The molecule has 2 saturated carbocycles. The van der Waals surface area contributed by atoms with E-state index in [0.717, 1.165) is 12.8 Å². The van der Waals surface area contributed by atoms with Gasteiger partial charge in [0.1, 0.15) is 5.92 Å². The molecule has 0 spiro atoms. The Kier molecular flexibility index (Phi) is 3.64. The van der Waals surface area contributed by atoms with Crippen molar-refractivity contribution < 1.29 is 4.79 Å². The Morgan fingerprint density at radius 2 is 1.81 bits per heavy atom. The van der Waals surface area contributed by atoms with Gasteiger partial charge < -0.3 is 4.90 Å². The highest BCUT2D eigenvalue weighted by Gasteiger charge is 2.57. The molecule has 1 unspecified atom stereocenters. The Hall–Kier alpha value is -0.880. The van der Waals surface area contributed by atoms with E-state index >= 15 is 0 Å². The number of fused-ring (bicyclic) bond motifs is 1. The molecule has 21 heavy (non-hydrogen) atoms. The van der Waals surface area contributed by atoms with Crippen molar-refractivity contribution in [2.45, 2.75) is 65.3 Å². The Labute approximate surface area is 128 Å². The number of carbonyl (C=O) groups excluding carboxylic acids is 1. The smallest absolute Gasteiger partial charge is 0.155 e. The third kappa shape index (κ3) is 2.32. The second kappa shape index (κ2) is 5.09. The van der Waals surface area contributed by atoms with Crippen LogP contribution in [-0.4, -0.2) is 29.8 Å². The van der Waals surface area contributed by atoms with E-state index in [4.69, 9.17) is 0 Å². The zero-order chi connectivity index (χ0) is 15.3. The van der Waals surface area contributed by atoms with Crippen LogP contribution in [0.1, 0.15) is 59.3 Å². The molecule has 0 aromatic rings. The topological polar surface area (TPSA) is 44.1 Å². The highest BCUT2D eigenvalue weighted by molar-refractivity contribution is 5.89. The Bertz CT molecular complexity index is 472. The molecule has 2 aliphatic carbocycles. The maximum Gasteiger partial charge on any atom is 0.155 e. The van der Waals surface area contributed by atoms with E-state index in [0.29, 0.717) is 12.0 Å². The summed E-state index contributed by atoms with van der Waals surface area (Å²) in [6.07, 6.45) is 7.00. The van der Waals surface area contributed by atoms with Crippen molar-refractivity contribution in [1.82, 2.24) is 4.90 Å². The molecule has 0 N–H and O–H groups in total. The lowest BCUT2D eigenvalue weighted by atomic mass is 9.48. The average Bonchev–Trinajstić information content (AvgIpc) is 2.96. The van der Waals surface area contributed by atoms with Gasteiger partial charge >= 0.3 is 0 Å². The van der Waals surface area contributed by atoms with E-state index in [9.17, 15) is 10.1 Å². The predicted octanol–water partition coefficient (Wildman–Crippen LogP) is 3.40. The first kappa shape index (κ1) is 15.0. The van der Waals surface area contributed by atoms with Gasteiger partial charge in [0, 0.05) is 11.5 Å². The van der Waals surface area contributed by atoms with Gasteiger partial charge in [-0.15, -0.1) is 0 Å². The largest absolute Gasteiger partial charge is 0.300 e. The van der Waals surface area contributed by atoms with Crippen LogP contribution in [0.15, 0.2) is 0 Å². The molecule has 1 aliphatic heterocycles. The fourth-order valence-electron chi connectivity index (χ4n) is 5.65. The molecule has 0 amide bonds. The van der Waals surface area contributed by atoms with E-state index in [1.54, 1.807) is 0 Å². The summed E-state index contributed by atoms with van der Waals surface area (Å²) in [6.45, 7) is 9.00. The highest BCUT2D eigenvalue weighted by atomic mass is 16.1. The van der Waals surface area contributed by atoms with E-state index < -0.39 is 5.92 Å². The van der Waals surface area contributed by atoms with Crippen LogP contribution in [0.5, 0.6) is 0 Å². The normalized spacial score (nSPS) is 43.3. The number of ketones is 1. The maximum absolute atomic E-state index is 12.6. The Morgan fingerprint density at radius 1 is 1.14 bits per heavy atom. The van der Waals surface area contributed by atoms with Crippen LogP contribution in [0.2, 0.25) is 0 Å². The third-order valence-corrected chi connectivity index (χ3v) is 6.64. The fourth-order valence-corrected chi connectivity index (χ4v) is 5.65. The van der Waals surface area contributed by atoms with Gasteiger partial charge in [-0.3, -0.25) is 4.79 Å². The summed E-state index contributed by atoms with van der Waals surface area (Å²) in [4.78, 5) is 15.2. The van der Waals surface area contributed by atoms with Crippen molar-refractivity contribution in [3.63, 3.8) is 0 Å². The summed E-state index contributed by atoms with van der Waals surface area (Å²) in [6, 6.07) is 2.97. The summed E-state index contributed by atoms with van der Waals surface area (Å²) in [5.41, 5.74) is -0.174. The summed E-state index contributed by atoms with van der Waals surface area (Å²) < 4.78 is 0. The monoisotopic (exact) mass is 288 g/mol. The zero-order valence-corrected chi connectivity index (χ0v) is 13.7. The maximum atomic E-state index is 12.6. The van der Waals surface area contributed by atoms with Gasteiger partial charge in [0.15, 0.2) is 5.78 Å². The van der Waals surface area contributed by atoms with Gasteiger partial charge in [-0.1, -0.05) is 20.8 Å². The number of nitrogens with zero attached hydrogens (tertiary/aromatic N) is 2. The molecule has 3 rings (SSSR count). The molecular weight excluding hydrogens is 260 g/mol. The molecule has 116 valence electrons. The molecule has 0 aromatic heterocycles. The lowest BCUT2D eigenvalue weighted by Gasteiger charge is -2.56. The first-order valence-corrected chi connectivity index (χ1v) is 8.56. The molecule has 1 saturated heterocycles. The van der Waals surface area contributed by atoms with E-state index in [-0.39, 0.29) is 16.6 Å². The minimum atomic E-state index is -0.390. The second-order valence-corrected chi connectivity index (χ2v) is 8.36. The van der Waals surface area contributed by atoms with Crippen molar-refractivity contribution >= 4 is 5.78 Å².